The molecule has 7 nitrogen and oxygen atoms in total. The van der Waals surface area contributed by atoms with Crippen LogP contribution in [0.1, 0.15) is 99.3 Å². The van der Waals surface area contributed by atoms with Gasteiger partial charge in [-0.05, 0) is 84.2 Å². The summed E-state index contributed by atoms with van der Waals surface area (Å²) in [4.78, 5) is 34.4. The molecule has 3 aliphatic rings. The van der Waals surface area contributed by atoms with Crippen LogP contribution in [0.5, 0.6) is 0 Å². The zero-order valence-corrected chi connectivity index (χ0v) is 21.8. The van der Waals surface area contributed by atoms with Crippen molar-refractivity contribution in [3.8, 4) is 11.1 Å². The van der Waals surface area contributed by atoms with Crippen LogP contribution in [0, 0.1) is 11.3 Å². The van der Waals surface area contributed by atoms with Crippen LogP contribution in [0.2, 0.25) is 0 Å². The number of hydrogen-bond donors (Lipinski definition) is 1. The first-order valence-electron chi connectivity index (χ1n) is 13.5. The summed E-state index contributed by atoms with van der Waals surface area (Å²) in [6.45, 7) is 6.00. The molecule has 1 amide bonds. The molecule has 2 saturated carbocycles. The lowest BCUT2D eigenvalue weighted by molar-refractivity contribution is -0.117. The fourth-order valence-electron chi connectivity index (χ4n) is 5.75. The Balaban J connectivity index is 1.19. The maximum Gasteiger partial charge on any atom is 0.294 e. The predicted molar refractivity (Wildman–Crippen MR) is 140 cm³/mol. The van der Waals surface area contributed by atoms with Crippen molar-refractivity contribution in [3.05, 3.63) is 59.4 Å². The number of amides is 1. The van der Waals surface area contributed by atoms with E-state index < -0.39 is 0 Å². The molecular formula is C30H34N4O3. The first-order chi connectivity index (χ1) is 17.7. The molecule has 3 aromatic rings. The van der Waals surface area contributed by atoms with Gasteiger partial charge in [0.1, 0.15) is 5.82 Å². The van der Waals surface area contributed by atoms with Crippen LogP contribution in [0.3, 0.4) is 0 Å². The maximum atomic E-state index is 13.0. The van der Waals surface area contributed by atoms with E-state index in [1.807, 2.05) is 32.9 Å². The Labute approximate surface area is 217 Å². The van der Waals surface area contributed by atoms with Crippen LogP contribution in [-0.2, 0) is 16.6 Å². The molecule has 2 fully saturated rings. The van der Waals surface area contributed by atoms with E-state index in [4.69, 9.17) is 4.52 Å². The summed E-state index contributed by atoms with van der Waals surface area (Å²) in [5, 5.41) is 7.05. The van der Waals surface area contributed by atoms with Crippen molar-refractivity contribution in [2.24, 2.45) is 11.3 Å². The topological polar surface area (TPSA) is 98.0 Å². The molecule has 0 bridgehead atoms. The minimum atomic E-state index is -0.264. The van der Waals surface area contributed by atoms with Crippen LogP contribution < -0.4 is 5.32 Å². The highest BCUT2D eigenvalue weighted by Crippen LogP contribution is 2.70. The van der Waals surface area contributed by atoms with Gasteiger partial charge in [-0.1, -0.05) is 50.5 Å². The number of aryl methyl sites for hydroxylation is 1. The van der Waals surface area contributed by atoms with Crippen molar-refractivity contribution >= 4 is 17.5 Å². The van der Waals surface area contributed by atoms with E-state index in [1.54, 1.807) is 6.20 Å². The first kappa shape index (κ1) is 24.0. The van der Waals surface area contributed by atoms with Gasteiger partial charge >= 0.3 is 0 Å². The van der Waals surface area contributed by atoms with E-state index in [2.05, 4.69) is 38.6 Å². The third-order valence-corrected chi connectivity index (χ3v) is 8.34. The zero-order chi connectivity index (χ0) is 25.8. The average molecular weight is 499 g/mol. The SMILES string of the molecule is CC(C)(C)c1noc(C(=O)C[C@@H]2CCCCc3cc(-c4ccnc(NC(=O)[C@@H]5CC56CC6)c4)ccc32)n1. The van der Waals surface area contributed by atoms with Gasteiger partial charge in [-0.2, -0.15) is 4.98 Å². The number of nitrogens with one attached hydrogen (secondary N) is 1. The third kappa shape index (κ3) is 4.83. The normalized spacial score (nSPS) is 21.7. The molecule has 3 aliphatic carbocycles. The second-order valence-electron chi connectivity index (χ2n) is 12.2. The first-order valence-corrected chi connectivity index (χ1v) is 13.5. The van der Waals surface area contributed by atoms with Crippen LogP contribution >= 0.6 is 0 Å². The fourth-order valence-corrected chi connectivity index (χ4v) is 5.75. The second kappa shape index (κ2) is 8.89. The summed E-state index contributed by atoms with van der Waals surface area (Å²) in [5.74, 6) is 1.58. The van der Waals surface area contributed by atoms with E-state index in [1.165, 1.54) is 24.0 Å². The molecule has 0 unspecified atom stereocenters. The number of ketones is 1. The summed E-state index contributed by atoms with van der Waals surface area (Å²) in [5.41, 5.74) is 4.71. The molecule has 2 heterocycles. The zero-order valence-electron chi connectivity index (χ0n) is 21.8. The maximum absolute atomic E-state index is 13.0. The Morgan fingerprint density at radius 1 is 1.11 bits per heavy atom. The van der Waals surface area contributed by atoms with Crippen molar-refractivity contribution in [1.82, 2.24) is 15.1 Å². The Bertz CT molecular complexity index is 1370. The fraction of sp³-hybridized carbons (Fsp3) is 0.500. The summed E-state index contributed by atoms with van der Waals surface area (Å²) in [7, 11) is 0. The Kier molecular flexibility index (Phi) is 5.77. The van der Waals surface area contributed by atoms with Crippen LogP contribution in [0.15, 0.2) is 41.1 Å². The van der Waals surface area contributed by atoms with Crippen molar-refractivity contribution < 1.29 is 14.1 Å². The molecule has 1 aromatic carbocycles. The third-order valence-electron chi connectivity index (χ3n) is 8.34. The molecule has 37 heavy (non-hydrogen) atoms. The van der Waals surface area contributed by atoms with E-state index in [0.29, 0.717) is 23.5 Å². The molecule has 0 saturated heterocycles. The Hall–Kier alpha value is -3.35. The number of nitrogens with zero attached hydrogens (tertiary/aromatic N) is 3. The molecule has 7 heteroatoms. The number of carbonyl (C=O) groups excluding carboxylic acids is 2. The molecular weight excluding hydrogens is 464 g/mol. The lowest BCUT2D eigenvalue weighted by Crippen LogP contribution is -2.15. The number of pyridine rings is 1. The summed E-state index contributed by atoms with van der Waals surface area (Å²) < 4.78 is 5.32. The Morgan fingerprint density at radius 2 is 1.92 bits per heavy atom. The van der Waals surface area contributed by atoms with Crippen molar-refractivity contribution in [1.29, 1.82) is 0 Å². The van der Waals surface area contributed by atoms with Gasteiger partial charge in [-0.25, -0.2) is 4.98 Å². The number of hydrogen-bond acceptors (Lipinski definition) is 6. The number of carbonyl (C=O) groups is 2. The largest absolute Gasteiger partial charge is 0.331 e. The molecule has 0 radical (unpaired) electrons. The van der Waals surface area contributed by atoms with Gasteiger partial charge in [-0.3, -0.25) is 9.59 Å². The van der Waals surface area contributed by atoms with Gasteiger partial charge in [0.15, 0.2) is 5.82 Å². The lowest BCUT2D eigenvalue weighted by atomic mass is 9.87. The molecule has 0 aliphatic heterocycles. The molecule has 2 aromatic heterocycles. The Morgan fingerprint density at radius 3 is 2.65 bits per heavy atom. The smallest absolute Gasteiger partial charge is 0.294 e. The summed E-state index contributed by atoms with van der Waals surface area (Å²) in [6, 6.07) is 10.5. The van der Waals surface area contributed by atoms with E-state index in [9.17, 15) is 9.59 Å². The predicted octanol–water partition coefficient (Wildman–Crippen LogP) is 6.25. The van der Waals surface area contributed by atoms with Crippen molar-refractivity contribution in [2.75, 3.05) is 5.32 Å². The van der Waals surface area contributed by atoms with Crippen molar-refractivity contribution in [2.45, 2.75) is 83.5 Å². The number of anilines is 1. The van der Waals surface area contributed by atoms with E-state index >= 15 is 0 Å². The van der Waals surface area contributed by atoms with Crippen LogP contribution in [0.25, 0.3) is 11.1 Å². The molecule has 1 N–H and O–H groups in total. The van der Waals surface area contributed by atoms with Gasteiger partial charge in [0.25, 0.3) is 5.89 Å². The standard InChI is InChI=1S/C30H34N4O3/c1-29(2,3)28-33-27(37-34-28)24(35)15-21-7-5-4-6-20-14-18(8-9-22(20)21)19-10-13-31-25(16-19)32-26(36)23-17-30(23)11-12-30/h8-10,13-14,16,21,23H,4-7,11-12,15,17H2,1-3H3,(H,31,32,36)/t21-,23-/m0/s1. The molecule has 192 valence electrons. The highest BCUT2D eigenvalue weighted by atomic mass is 16.5. The number of rotatable bonds is 6. The number of benzene rings is 1. The lowest BCUT2D eigenvalue weighted by Gasteiger charge is -2.17. The molecule has 2 atom stereocenters. The molecule has 1 spiro atoms. The van der Waals surface area contributed by atoms with Crippen molar-refractivity contribution in [3.63, 3.8) is 0 Å². The van der Waals surface area contributed by atoms with Gasteiger partial charge in [0.05, 0.1) is 0 Å². The summed E-state index contributed by atoms with van der Waals surface area (Å²) >= 11 is 0. The van der Waals surface area contributed by atoms with Crippen LogP contribution in [0.4, 0.5) is 5.82 Å². The molecule has 6 rings (SSSR count). The number of fused-ring (bicyclic) bond motifs is 1. The van der Waals surface area contributed by atoms with E-state index in [0.717, 1.165) is 43.2 Å². The van der Waals surface area contributed by atoms with Gasteiger partial charge in [0.2, 0.25) is 11.7 Å². The highest BCUT2D eigenvalue weighted by Gasteiger charge is 2.65. The number of aromatic nitrogens is 3. The van der Waals surface area contributed by atoms with Crippen LogP contribution in [-0.4, -0.2) is 26.8 Å². The van der Waals surface area contributed by atoms with Gasteiger partial charge in [0, 0.05) is 24.0 Å². The average Bonchev–Trinajstić information content (AvgIpc) is 3.76. The number of Topliss-reactive ketones (excluding diaryl/α,β-unsaturated/α-hetero) is 1. The second-order valence-corrected chi connectivity index (χ2v) is 12.2. The van der Waals surface area contributed by atoms with Gasteiger partial charge in [-0.15, -0.1) is 0 Å². The minimum Gasteiger partial charge on any atom is -0.331 e. The minimum absolute atomic E-state index is 0.0944. The van der Waals surface area contributed by atoms with E-state index in [-0.39, 0.29) is 34.8 Å². The monoisotopic (exact) mass is 498 g/mol. The summed E-state index contributed by atoms with van der Waals surface area (Å²) in [6.07, 6.45) is 9.65. The van der Waals surface area contributed by atoms with Gasteiger partial charge < -0.3 is 9.84 Å². The quantitative estimate of drug-likeness (QED) is 0.319. The highest BCUT2D eigenvalue weighted by molar-refractivity contribution is 5.95.